The largest absolute Gasteiger partial charge is 0.494 e. The second-order valence-corrected chi connectivity index (χ2v) is 10.3. The van der Waals surface area contributed by atoms with Crippen LogP contribution in [0.25, 0.3) is 0 Å². The van der Waals surface area contributed by atoms with Gasteiger partial charge in [-0.25, -0.2) is 13.1 Å². The van der Waals surface area contributed by atoms with Crippen LogP contribution in [0.2, 0.25) is 5.02 Å². The molecule has 0 atom stereocenters. The maximum absolute atomic E-state index is 12.2. The number of halogens is 1. The molecule has 0 bridgehead atoms. The summed E-state index contributed by atoms with van der Waals surface area (Å²) in [6.45, 7) is 1.82. The second kappa shape index (κ2) is 13.9. The summed E-state index contributed by atoms with van der Waals surface area (Å²) in [5, 5.41) is 3.61. The lowest BCUT2D eigenvalue weighted by Crippen LogP contribution is -2.33. The molecule has 0 heterocycles. The number of ether oxygens (including phenoxy) is 1. The predicted molar refractivity (Wildman–Crippen MR) is 139 cm³/mol. The Labute approximate surface area is 212 Å². The number of aryl methyl sites for hydroxylation is 2. The third kappa shape index (κ3) is 9.72. The van der Waals surface area contributed by atoms with Gasteiger partial charge in [0.05, 0.1) is 11.5 Å². The molecule has 0 radical (unpaired) electrons. The van der Waals surface area contributed by atoms with Crippen molar-refractivity contribution < 1.29 is 17.9 Å². The third-order valence-corrected chi connectivity index (χ3v) is 7.01. The van der Waals surface area contributed by atoms with E-state index in [0.29, 0.717) is 18.2 Å². The van der Waals surface area contributed by atoms with Gasteiger partial charge >= 0.3 is 0 Å². The Kier molecular flexibility index (Phi) is 10.6. The van der Waals surface area contributed by atoms with Crippen molar-refractivity contribution >= 4 is 27.5 Å². The summed E-state index contributed by atoms with van der Waals surface area (Å²) >= 11 is 5.77. The highest BCUT2D eigenvalue weighted by Crippen LogP contribution is 2.15. The van der Waals surface area contributed by atoms with Crippen LogP contribution in [0, 0.1) is 0 Å². The van der Waals surface area contributed by atoms with Crippen LogP contribution in [0.4, 0.5) is 0 Å². The summed E-state index contributed by atoms with van der Waals surface area (Å²) in [7, 11) is -3.88. The monoisotopic (exact) mass is 514 g/mol. The molecule has 0 saturated carbocycles. The molecule has 186 valence electrons. The van der Waals surface area contributed by atoms with Gasteiger partial charge in [-0.15, -0.1) is 0 Å². The van der Waals surface area contributed by atoms with Gasteiger partial charge in [-0.05, 0) is 79.8 Å². The molecule has 0 aliphatic heterocycles. The zero-order valence-corrected chi connectivity index (χ0v) is 21.2. The number of sulfonamides is 1. The van der Waals surface area contributed by atoms with Gasteiger partial charge in [0.25, 0.3) is 10.0 Å². The number of amides is 1. The highest BCUT2D eigenvalue weighted by Gasteiger charge is 2.17. The standard InChI is InChI=1S/C27H31ClN2O4S/c28-24-12-16-26(17-13-24)35(32,33)30-27(31)18-20-29-19-4-8-23-10-14-25(15-11-23)34-21-5-9-22-6-2-1-3-7-22/h1-3,6-7,10-17,29H,4-5,8-9,18-21H2,(H,30,31). The maximum Gasteiger partial charge on any atom is 0.264 e. The fraction of sp³-hybridized carbons (Fsp3) is 0.296. The van der Waals surface area contributed by atoms with Gasteiger partial charge in [0.2, 0.25) is 5.91 Å². The van der Waals surface area contributed by atoms with Gasteiger partial charge in [-0.2, -0.15) is 0 Å². The van der Waals surface area contributed by atoms with E-state index in [9.17, 15) is 13.2 Å². The minimum atomic E-state index is -3.88. The molecular weight excluding hydrogens is 484 g/mol. The Bertz CT molecular complexity index is 1150. The van der Waals surface area contributed by atoms with Crippen LogP contribution in [0.5, 0.6) is 5.75 Å². The van der Waals surface area contributed by atoms with Gasteiger partial charge in [0.1, 0.15) is 5.75 Å². The van der Waals surface area contributed by atoms with Crippen LogP contribution < -0.4 is 14.8 Å². The lowest BCUT2D eigenvalue weighted by atomic mass is 10.1. The van der Waals surface area contributed by atoms with Crippen molar-refractivity contribution in [2.45, 2.75) is 37.0 Å². The summed E-state index contributed by atoms with van der Waals surface area (Å²) < 4.78 is 32.3. The summed E-state index contributed by atoms with van der Waals surface area (Å²) in [6.07, 6.45) is 3.86. The number of hydrogen-bond acceptors (Lipinski definition) is 5. The summed E-state index contributed by atoms with van der Waals surface area (Å²) in [5.41, 5.74) is 2.54. The number of carbonyl (C=O) groups is 1. The molecule has 0 aliphatic carbocycles. The quantitative estimate of drug-likeness (QED) is 0.303. The van der Waals surface area contributed by atoms with E-state index in [-0.39, 0.29) is 11.3 Å². The minimum Gasteiger partial charge on any atom is -0.494 e. The summed E-state index contributed by atoms with van der Waals surface area (Å²) in [5.74, 6) is 0.325. The normalized spacial score (nSPS) is 11.2. The number of rotatable bonds is 14. The van der Waals surface area contributed by atoms with Gasteiger partial charge < -0.3 is 10.1 Å². The average Bonchev–Trinajstić information content (AvgIpc) is 2.85. The number of nitrogens with one attached hydrogen (secondary N) is 2. The Morgan fingerprint density at radius 3 is 2.17 bits per heavy atom. The van der Waals surface area contributed by atoms with Crippen molar-refractivity contribution in [1.29, 1.82) is 0 Å². The van der Waals surface area contributed by atoms with Crippen molar-refractivity contribution in [3.63, 3.8) is 0 Å². The third-order valence-electron chi connectivity index (χ3n) is 5.36. The lowest BCUT2D eigenvalue weighted by molar-refractivity contribution is -0.119. The zero-order valence-electron chi connectivity index (χ0n) is 19.6. The van der Waals surface area contributed by atoms with Crippen LogP contribution in [-0.4, -0.2) is 34.0 Å². The Morgan fingerprint density at radius 1 is 0.800 bits per heavy atom. The molecule has 3 aromatic carbocycles. The molecule has 2 N–H and O–H groups in total. The first-order valence-electron chi connectivity index (χ1n) is 11.7. The van der Waals surface area contributed by atoms with Crippen molar-refractivity contribution in [1.82, 2.24) is 10.0 Å². The molecule has 35 heavy (non-hydrogen) atoms. The van der Waals surface area contributed by atoms with E-state index in [4.69, 9.17) is 16.3 Å². The van der Waals surface area contributed by atoms with Crippen LogP contribution in [0.3, 0.4) is 0 Å². The first-order chi connectivity index (χ1) is 16.9. The molecule has 0 aromatic heterocycles. The Balaban J connectivity index is 1.25. The molecule has 0 saturated heterocycles. The van der Waals surface area contributed by atoms with Crippen molar-refractivity contribution in [2.24, 2.45) is 0 Å². The molecule has 0 spiro atoms. The highest BCUT2D eigenvalue weighted by atomic mass is 35.5. The van der Waals surface area contributed by atoms with Gasteiger partial charge in [-0.1, -0.05) is 54.1 Å². The van der Waals surface area contributed by atoms with E-state index in [1.54, 1.807) is 0 Å². The maximum atomic E-state index is 12.2. The zero-order chi connectivity index (χ0) is 24.9. The van der Waals surface area contributed by atoms with Crippen LogP contribution in [-0.2, 0) is 27.7 Å². The summed E-state index contributed by atoms with van der Waals surface area (Å²) in [6, 6.07) is 24.2. The van der Waals surface area contributed by atoms with E-state index < -0.39 is 15.9 Å². The van der Waals surface area contributed by atoms with E-state index >= 15 is 0 Å². The molecule has 8 heteroatoms. The molecular formula is C27H31ClN2O4S. The minimum absolute atomic E-state index is 0.00631. The topological polar surface area (TPSA) is 84.5 Å². The van der Waals surface area contributed by atoms with E-state index in [2.05, 4.69) is 46.4 Å². The first-order valence-corrected chi connectivity index (χ1v) is 13.6. The summed E-state index contributed by atoms with van der Waals surface area (Å²) in [4.78, 5) is 12.0. The average molecular weight is 515 g/mol. The second-order valence-electron chi connectivity index (χ2n) is 8.17. The van der Waals surface area contributed by atoms with Crippen molar-refractivity contribution in [3.05, 3.63) is 95.0 Å². The predicted octanol–water partition coefficient (Wildman–Crippen LogP) is 4.77. The fourth-order valence-electron chi connectivity index (χ4n) is 3.48. The van der Waals surface area contributed by atoms with Crippen LogP contribution in [0.15, 0.2) is 83.8 Å². The van der Waals surface area contributed by atoms with Crippen LogP contribution in [0.1, 0.15) is 30.4 Å². The fourth-order valence-corrected chi connectivity index (χ4v) is 4.62. The first kappa shape index (κ1) is 26.7. The molecule has 3 rings (SSSR count). The van der Waals surface area contributed by atoms with Crippen LogP contribution >= 0.6 is 11.6 Å². The smallest absolute Gasteiger partial charge is 0.264 e. The van der Waals surface area contributed by atoms with Gasteiger partial charge in [0.15, 0.2) is 0 Å². The van der Waals surface area contributed by atoms with E-state index in [0.717, 1.165) is 38.0 Å². The molecule has 1 amide bonds. The van der Waals surface area contributed by atoms with Crippen molar-refractivity contribution in [2.75, 3.05) is 19.7 Å². The lowest BCUT2D eigenvalue weighted by Gasteiger charge is -2.09. The molecule has 0 fully saturated rings. The molecule has 0 aliphatic rings. The molecule has 3 aromatic rings. The highest BCUT2D eigenvalue weighted by molar-refractivity contribution is 7.90. The number of carbonyl (C=O) groups excluding carboxylic acids is 1. The SMILES string of the molecule is O=C(CCNCCCc1ccc(OCCCc2ccccc2)cc1)NS(=O)(=O)c1ccc(Cl)cc1. The number of benzene rings is 3. The van der Waals surface area contributed by atoms with E-state index in [1.165, 1.54) is 35.4 Å². The Morgan fingerprint density at radius 2 is 1.46 bits per heavy atom. The van der Waals surface area contributed by atoms with E-state index in [1.807, 2.05) is 18.2 Å². The van der Waals surface area contributed by atoms with Gasteiger partial charge in [0, 0.05) is 18.0 Å². The van der Waals surface area contributed by atoms with Crippen molar-refractivity contribution in [3.8, 4) is 5.75 Å². The number of hydrogen-bond donors (Lipinski definition) is 2. The van der Waals surface area contributed by atoms with Gasteiger partial charge in [-0.3, -0.25) is 4.79 Å². The molecule has 0 unspecified atom stereocenters. The molecule has 6 nitrogen and oxygen atoms in total. The Hall–Kier alpha value is -2.87.